The van der Waals surface area contributed by atoms with Gasteiger partial charge in [0.2, 0.25) is 0 Å². The van der Waals surface area contributed by atoms with Crippen LogP contribution in [0, 0.1) is 10.7 Å². The highest BCUT2D eigenvalue weighted by Crippen LogP contribution is 2.32. The van der Waals surface area contributed by atoms with Crippen LogP contribution in [0.1, 0.15) is 13.8 Å². The number of nitrogens with one attached hydrogen (secondary N) is 1. The summed E-state index contributed by atoms with van der Waals surface area (Å²) >= 11 is 15.0. The lowest BCUT2D eigenvalue weighted by atomic mass is 10.2. The summed E-state index contributed by atoms with van der Waals surface area (Å²) in [5.41, 5.74) is 0.874. The third-order valence-electron chi connectivity index (χ3n) is 2.50. The van der Waals surface area contributed by atoms with Crippen LogP contribution in [0.25, 0.3) is 11.4 Å². The van der Waals surface area contributed by atoms with Crippen molar-refractivity contribution in [3.05, 3.63) is 32.5 Å². The molecule has 0 aliphatic heterocycles. The summed E-state index contributed by atoms with van der Waals surface area (Å²) in [4.78, 5) is 0. The Kier molecular flexibility index (Phi) is 4.25. The molecule has 0 amide bonds. The van der Waals surface area contributed by atoms with E-state index in [9.17, 15) is 0 Å². The molecule has 1 N–H and O–H groups in total. The number of benzene rings is 1. The number of rotatable bonds is 3. The molecule has 1 aromatic carbocycles. The molecule has 3 nitrogen and oxygen atoms in total. The first-order valence-corrected chi connectivity index (χ1v) is 7.18. The van der Waals surface area contributed by atoms with Crippen molar-refractivity contribution in [1.82, 2.24) is 14.8 Å². The maximum absolute atomic E-state index is 6.30. The van der Waals surface area contributed by atoms with E-state index < -0.39 is 0 Å². The molecule has 0 bridgehead atoms. The maximum Gasteiger partial charge on any atom is 0.195 e. The molecule has 0 radical (unpaired) electrons. The van der Waals surface area contributed by atoms with Gasteiger partial charge in [-0.3, -0.25) is 9.67 Å². The fraction of sp³-hybridized carbons (Fsp3) is 0.333. The zero-order valence-electron chi connectivity index (χ0n) is 10.1. The van der Waals surface area contributed by atoms with E-state index in [1.54, 1.807) is 0 Å². The molecule has 1 aromatic heterocycles. The van der Waals surface area contributed by atoms with E-state index in [0.717, 1.165) is 22.4 Å². The van der Waals surface area contributed by atoms with Crippen molar-refractivity contribution in [2.45, 2.75) is 20.4 Å². The van der Waals surface area contributed by atoms with Crippen LogP contribution in [0.2, 0.25) is 5.02 Å². The highest BCUT2D eigenvalue weighted by Gasteiger charge is 2.14. The van der Waals surface area contributed by atoms with Crippen molar-refractivity contribution < 1.29 is 0 Å². The molecule has 0 aliphatic carbocycles. The van der Waals surface area contributed by atoms with E-state index in [0.29, 0.717) is 15.7 Å². The topological polar surface area (TPSA) is 33.6 Å². The van der Waals surface area contributed by atoms with Crippen LogP contribution in [0.4, 0.5) is 0 Å². The average molecular weight is 347 g/mol. The summed E-state index contributed by atoms with van der Waals surface area (Å²) in [6.45, 7) is 5.09. The van der Waals surface area contributed by atoms with Gasteiger partial charge in [0.15, 0.2) is 10.6 Å². The zero-order valence-corrected chi connectivity index (χ0v) is 13.2. The molecule has 96 valence electrons. The normalized spacial score (nSPS) is 11.2. The van der Waals surface area contributed by atoms with E-state index in [2.05, 4.69) is 40.0 Å². The van der Waals surface area contributed by atoms with E-state index in [4.69, 9.17) is 23.8 Å². The molecule has 0 unspecified atom stereocenters. The molecule has 0 aliphatic rings. The van der Waals surface area contributed by atoms with Crippen LogP contribution in [-0.4, -0.2) is 14.8 Å². The minimum Gasteiger partial charge on any atom is -0.300 e. The van der Waals surface area contributed by atoms with Gasteiger partial charge >= 0.3 is 0 Å². The van der Waals surface area contributed by atoms with Crippen molar-refractivity contribution in [3.8, 4) is 11.4 Å². The summed E-state index contributed by atoms with van der Waals surface area (Å²) in [5, 5.41) is 7.76. The Morgan fingerprint density at radius 1 is 1.50 bits per heavy atom. The highest BCUT2D eigenvalue weighted by molar-refractivity contribution is 9.10. The molecular formula is C12H13BrClN3S. The molecule has 0 fully saturated rings. The van der Waals surface area contributed by atoms with E-state index in [1.807, 2.05) is 22.8 Å². The SMILES string of the molecule is CC(C)Cn1c(-c2cccc(Br)c2Cl)n[nH]c1=S. The molecule has 2 rings (SSSR count). The largest absolute Gasteiger partial charge is 0.300 e. The first-order valence-electron chi connectivity index (χ1n) is 5.60. The molecule has 2 aromatic rings. The molecule has 0 atom stereocenters. The third-order valence-corrected chi connectivity index (χ3v) is 4.11. The minimum absolute atomic E-state index is 0.485. The summed E-state index contributed by atoms with van der Waals surface area (Å²) in [7, 11) is 0. The van der Waals surface area contributed by atoms with Gasteiger partial charge in [0.25, 0.3) is 0 Å². The summed E-state index contributed by atoms with van der Waals surface area (Å²) in [6.07, 6.45) is 0. The van der Waals surface area contributed by atoms with E-state index >= 15 is 0 Å². The Bertz CT molecular complexity index is 618. The number of aromatic nitrogens is 3. The number of hydrogen-bond acceptors (Lipinski definition) is 2. The Morgan fingerprint density at radius 2 is 2.22 bits per heavy atom. The maximum atomic E-state index is 6.30. The molecule has 6 heteroatoms. The van der Waals surface area contributed by atoms with Gasteiger partial charge in [0.05, 0.1) is 5.02 Å². The van der Waals surface area contributed by atoms with Crippen LogP contribution in [-0.2, 0) is 6.54 Å². The molecule has 0 saturated heterocycles. The second-order valence-electron chi connectivity index (χ2n) is 4.46. The van der Waals surface area contributed by atoms with Crippen molar-refractivity contribution in [1.29, 1.82) is 0 Å². The monoisotopic (exact) mass is 345 g/mol. The van der Waals surface area contributed by atoms with Gasteiger partial charge < -0.3 is 0 Å². The molecule has 0 saturated carbocycles. The lowest BCUT2D eigenvalue weighted by molar-refractivity contribution is 0.521. The first kappa shape index (κ1) is 13.8. The van der Waals surface area contributed by atoms with E-state index in [1.165, 1.54) is 0 Å². The molecule has 0 spiro atoms. The Labute approximate surface area is 124 Å². The second-order valence-corrected chi connectivity index (χ2v) is 6.08. The fourth-order valence-electron chi connectivity index (χ4n) is 1.73. The Hall–Kier alpha value is -0.650. The molecular weight excluding hydrogens is 334 g/mol. The Balaban J connectivity index is 2.58. The number of H-pyrrole nitrogens is 1. The summed E-state index contributed by atoms with van der Waals surface area (Å²) < 4.78 is 3.45. The standard InChI is InChI=1S/C12H13BrClN3S/c1-7(2)6-17-11(15-16-12(17)18)8-4-3-5-9(13)10(8)14/h3-5,7H,6H2,1-2H3,(H,16,18). The first-order chi connectivity index (χ1) is 8.50. The number of hydrogen-bond donors (Lipinski definition) is 1. The van der Waals surface area contributed by atoms with E-state index in [-0.39, 0.29) is 0 Å². The van der Waals surface area contributed by atoms with Crippen LogP contribution < -0.4 is 0 Å². The number of halogens is 2. The van der Waals surface area contributed by atoms with Gasteiger partial charge in [-0.2, -0.15) is 5.10 Å². The fourth-order valence-corrected chi connectivity index (χ4v) is 2.52. The van der Waals surface area contributed by atoms with Crippen molar-refractivity contribution in [2.75, 3.05) is 0 Å². The van der Waals surface area contributed by atoms with Gasteiger partial charge in [-0.1, -0.05) is 31.5 Å². The van der Waals surface area contributed by atoms with Crippen LogP contribution in [0.15, 0.2) is 22.7 Å². The van der Waals surface area contributed by atoms with Gasteiger partial charge in [-0.05, 0) is 46.2 Å². The summed E-state index contributed by atoms with van der Waals surface area (Å²) in [6, 6.07) is 5.78. The summed E-state index contributed by atoms with van der Waals surface area (Å²) in [5.74, 6) is 1.26. The smallest absolute Gasteiger partial charge is 0.195 e. The second kappa shape index (κ2) is 5.55. The van der Waals surface area contributed by atoms with Gasteiger partial charge in [0, 0.05) is 16.6 Å². The predicted octanol–water partition coefficient (Wildman–Crippen LogP) is 4.68. The van der Waals surface area contributed by atoms with Gasteiger partial charge in [0.1, 0.15) is 0 Å². The van der Waals surface area contributed by atoms with Crippen molar-refractivity contribution >= 4 is 39.7 Å². The van der Waals surface area contributed by atoms with Crippen molar-refractivity contribution in [3.63, 3.8) is 0 Å². The number of aromatic amines is 1. The quantitative estimate of drug-likeness (QED) is 0.819. The minimum atomic E-state index is 0.485. The third kappa shape index (κ3) is 2.68. The lowest BCUT2D eigenvalue weighted by Crippen LogP contribution is -2.06. The van der Waals surface area contributed by atoms with Crippen molar-refractivity contribution in [2.24, 2.45) is 5.92 Å². The predicted molar refractivity (Wildman–Crippen MR) is 80.4 cm³/mol. The Morgan fingerprint density at radius 3 is 2.89 bits per heavy atom. The number of nitrogens with zero attached hydrogens (tertiary/aromatic N) is 2. The van der Waals surface area contributed by atoms with Crippen LogP contribution in [0.5, 0.6) is 0 Å². The lowest BCUT2D eigenvalue weighted by Gasteiger charge is -2.10. The highest BCUT2D eigenvalue weighted by atomic mass is 79.9. The van der Waals surface area contributed by atoms with Crippen LogP contribution in [0.3, 0.4) is 0 Å². The average Bonchev–Trinajstić information content (AvgIpc) is 2.64. The molecule has 18 heavy (non-hydrogen) atoms. The molecule has 1 heterocycles. The van der Waals surface area contributed by atoms with Gasteiger partial charge in [-0.25, -0.2) is 0 Å². The van der Waals surface area contributed by atoms with Crippen LogP contribution >= 0.6 is 39.7 Å². The zero-order chi connectivity index (χ0) is 13.3. The van der Waals surface area contributed by atoms with Gasteiger partial charge in [-0.15, -0.1) is 0 Å².